The zero-order chi connectivity index (χ0) is 25.3. The molecule has 1 saturated heterocycles. The maximum absolute atomic E-state index is 6.34. The summed E-state index contributed by atoms with van der Waals surface area (Å²) in [4.78, 5) is 16.8. The zero-order valence-electron chi connectivity index (χ0n) is 21.2. The van der Waals surface area contributed by atoms with Crippen LogP contribution in [0.3, 0.4) is 0 Å². The van der Waals surface area contributed by atoms with Gasteiger partial charge in [0, 0.05) is 35.9 Å². The van der Waals surface area contributed by atoms with Crippen LogP contribution in [-0.4, -0.2) is 45.8 Å². The van der Waals surface area contributed by atoms with Gasteiger partial charge in [0.25, 0.3) is 0 Å². The van der Waals surface area contributed by atoms with E-state index in [2.05, 4.69) is 57.2 Å². The third-order valence-electron chi connectivity index (χ3n) is 7.58. The Hall–Kier alpha value is -4.17. The minimum Gasteiger partial charge on any atom is -0.424 e. The standard InChI is InChI=1S/C30H30N6O2/c1-4-10-25-21(6-1)7-5-11-26(25)38-30-33-28(27-29(34-30)36(20-31-27)24-8-2-3-9-24)32-22-12-14-23(15-13-22)35-16-18-37-19-17-35/h1,4-7,10-15,20,24H,2-3,8-9,16-19H2,(H,32,33,34). The van der Waals surface area contributed by atoms with Crippen LogP contribution >= 0.6 is 0 Å². The number of nitrogens with one attached hydrogen (secondary N) is 1. The van der Waals surface area contributed by atoms with Gasteiger partial charge in [0.05, 0.1) is 19.5 Å². The molecule has 0 radical (unpaired) electrons. The van der Waals surface area contributed by atoms with Gasteiger partial charge in [-0.25, -0.2) is 4.98 Å². The van der Waals surface area contributed by atoms with Gasteiger partial charge in [-0.1, -0.05) is 49.2 Å². The molecule has 0 unspecified atom stereocenters. The number of imidazole rings is 1. The lowest BCUT2D eigenvalue weighted by atomic mass is 10.1. The van der Waals surface area contributed by atoms with Crippen LogP contribution in [0.1, 0.15) is 31.7 Å². The van der Waals surface area contributed by atoms with Crippen molar-refractivity contribution in [1.29, 1.82) is 0 Å². The number of fused-ring (bicyclic) bond motifs is 2. The first kappa shape index (κ1) is 23.0. The highest BCUT2D eigenvalue weighted by Gasteiger charge is 2.23. The number of ether oxygens (including phenoxy) is 2. The molecular formula is C30H30N6O2. The van der Waals surface area contributed by atoms with E-state index in [1.165, 1.54) is 18.5 Å². The van der Waals surface area contributed by atoms with Crippen LogP contribution in [-0.2, 0) is 4.74 Å². The molecule has 1 aliphatic carbocycles. The van der Waals surface area contributed by atoms with E-state index in [0.717, 1.165) is 72.5 Å². The molecule has 2 fully saturated rings. The molecule has 7 rings (SSSR count). The average Bonchev–Trinajstić information content (AvgIpc) is 3.65. The van der Waals surface area contributed by atoms with Crippen LogP contribution in [0.2, 0.25) is 0 Å². The molecule has 8 nitrogen and oxygen atoms in total. The number of nitrogens with zero attached hydrogens (tertiary/aromatic N) is 5. The van der Waals surface area contributed by atoms with Crippen LogP contribution in [0.15, 0.2) is 73.1 Å². The van der Waals surface area contributed by atoms with Gasteiger partial charge in [0.2, 0.25) is 0 Å². The second kappa shape index (κ2) is 9.95. The molecule has 2 aromatic heterocycles. The predicted octanol–water partition coefficient (Wildman–Crippen LogP) is 6.47. The number of aromatic nitrogens is 4. The quantitative estimate of drug-likeness (QED) is 0.283. The number of hydrogen-bond donors (Lipinski definition) is 1. The van der Waals surface area contributed by atoms with Gasteiger partial charge < -0.3 is 24.3 Å². The van der Waals surface area contributed by atoms with Crippen LogP contribution in [0.25, 0.3) is 21.9 Å². The van der Waals surface area contributed by atoms with E-state index in [1.807, 2.05) is 30.6 Å². The monoisotopic (exact) mass is 506 g/mol. The molecule has 0 spiro atoms. The topological polar surface area (TPSA) is 77.3 Å². The van der Waals surface area contributed by atoms with Crippen molar-refractivity contribution in [3.8, 4) is 11.8 Å². The van der Waals surface area contributed by atoms with Crippen molar-refractivity contribution >= 4 is 39.1 Å². The number of benzene rings is 3. The summed E-state index contributed by atoms with van der Waals surface area (Å²) < 4.78 is 14.0. The lowest BCUT2D eigenvalue weighted by molar-refractivity contribution is 0.122. The molecule has 1 N–H and O–H groups in total. The second-order valence-electron chi connectivity index (χ2n) is 9.97. The fourth-order valence-electron chi connectivity index (χ4n) is 5.58. The van der Waals surface area contributed by atoms with Gasteiger partial charge in [-0.2, -0.15) is 9.97 Å². The lowest BCUT2D eigenvalue weighted by Crippen LogP contribution is -2.36. The molecule has 0 atom stereocenters. The number of hydrogen-bond acceptors (Lipinski definition) is 7. The van der Waals surface area contributed by atoms with Crippen LogP contribution < -0.4 is 15.0 Å². The number of anilines is 3. The summed E-state index contributed by atoms with van der Waals surface area (Å²) in [6.07, 6.45) is 6.65. The minimum atomic E-state index is 0.307. The summed E-state index contributed by atoms with van der Waals surface area (Å²) >= 11 is 0. The zero-order valence-corrected chi connectivity index (χ0v) is 21.2. The van der Waals surface area contributed by atoms with Gasteiger partial charge in [-0.05, 0) is 48.6 Å². The van der Waals surface area contributed by atoms with E-state index < -0.39 is 0 Å². The van der Waals surface area contributed by atoms with Crippen molar-refractivity contribution in [1.82, 2.24) is 19.5 Å². The molecule has 2 aliphatic rings. The first-order valence-electron chi connectivity index (χ1n) is 13.4. The van der Waals surface area contributed by atoms with Crippen molar-refractivity contribution < 1.29 is 9.47 Å². The Labute approximate surface area is 221 Å². The summed E-state index contributed by atoms with van der Waals surface area (Å²) in [7, 11) is 0. The largest absolute Gasteiger partial charge is 0.424 e. The number of morpholine rings is 1. The molecule has 0 amide bonds. The first-order chi connectivity index (χ1) is 18.8. The van der Waals surface area contributed by atoms with Gasteiger partial charge in [-0.15, -0.1) is 0 Å². The maximum atomic E-state index is 6.34. The molecule has 1 saturated carbocycles. The number of rotatable bonds is 6. The van der Waals surface area contributed by atoms with Crippen LogP contribution in [0, 0.1) is 0 Å². The SMILES string of the molecule is c1ccc2c(Oc3nc(Nc4ccc(N5CCOCC5)cc4)c4ncn(C5CCCC5)c4n3)cccc2c1. The van der Waals surface area contributed by atoms with Gasteiger partial charge >= 0.3 is 6.01 Å². The van der Waals surface area contributed by atoms with Gasteiger partial charge in [0.15, 0.2) is 17.0 Å². The second-order valence-corrected chi connectivity index (χ2v) is 9.97. The molecule has 38 heavy (non-hydrogen) atoms. The van der Waals surface area contributed by atoms with E-state index in [-0.39, 0.29) is 0 Å². The van der Waals surface area contributed by atoms with E-state index in [4.69, 9.17) is 24.4 Å². The van der Waals surface area contributed by atoms with Gasteiger partial charge in [-0.3, -0.25) is 0 Å². The Balaban J connectivity index is 1.25. The van der Waals surface area contributed by atoms with Crippen LogP contribution in [0.5, 0.6) is 11.8 Å². The molecule has 3 heterocycles. The van der Waals surface area contributed by atoms with Crippen LogP contribution in [0.4, 0.5) is 17.2 Å². The Bertz CT molecular complexity index is 1560. The lowest BCUT2D eigenvalue weighted by Gasteiger charge is -2.28. The summed E-state index contributed by atoms with van der Waals surface area (Å²) in [5.41, 5.74) is 3.68. The third-order valence-corrected chi connectivity index (χ3v) is 7.58. The van der Waals surface area contributed by atoms with Crippen molar-refractivity contribution in [2.75, 3.05) is 36.5 Å². The van der Waals surface area contributed by atoms with Crippen molar-refractivity contribution in [2.24, 2.45) is 0 Å². The Kier molecular flexibility index (Phi) is 6.02. The first-order valence-corrected chi connectivity index (χ1v) is 13.4. The molecule has 0 bridgehead atoms. The normalized spacial score (nSPS) is 16.4. The highest BCUT2D eigenvalue weighted by Crippen LogP contribution is 2.35. The van der Waals surface area contributed by atoms with Gasteiger partial charge in [0.1, 0.15) is 5.75 Å². The van der Waals surface area contributed by atoms with E-state index in [9.17, 15) is 0 Å². The highest BCUT2D eigenvalue weighted by molar-refractivity contribution is 5.89. The molecule has 192 valence electrons. The fraction of sp³-hybridized carbons (Fsp3) is 0.300. The van der Waals surface area contributed by atoms with E-state index in [0.29, 0.717) is 17.9 Å². The minimum absolute atomic E-state index is 0.307. The van der Waals surface area contributed by atoms with E-state index >= 15 is 0 Å². The summed E-state index contributed by atoms with van der Waals surface area (Å²) in [5, 5.41) is 5.63. The summed E-state index contributed by atoms with van der Waals surface area (Å²) in [5.74, 6) is 1.37. The van der Waals surface area contributed by atoms with Crippen molar-refractivity contribution in [2.45, 2.75) is 31.7 Å². The molecule has 1 aliphatic heterocycles. The van der Waals surface area contributed by atoms with E-state index in [1.54, 1.807) is 0 Å². The fourth-order valence-corrected chi connectivity index (χ4v) is 5.58. The maximum Gasteiger partial charge on any atom is 0.326 e. The average molecular weight is 507 g/mol. The third kappa shape index (κ3) is 4.41. The van der Waals surface area contributed by atoms with Crippen molar-refractivity contribution in [3.05, 3.63) is 73.1 Å². The highest BCUT2D eigenvalue weighted by atomic mass is 16.5. The molecule has 3 aromatic carbocycles. The summed E-state index contributed by atoms with van der Waals surface area (Å²) in [6, 6.07) is 23.4. The predicted molar refractivity (Wildman–Crippen MR) is 150 cm³/mol. The Morgan fingerprint density at radius 2 is 1.66 bits per heavy atom. The molecule has 8 heteroatoms. The smallest absolute Gasteiger partial charge is 0.326 e. The summed E-state index contributed by atoms with van der Waals surface area (Å²) in [6.45, 7) is 3.35. The Morgan fingerprint density at radius 1 is 0.868 bits per heavy atom. The molecular weight excluding hydrogens is 476 g/mol. The van der Waals surface area contributed by atoms with Crippen molar-refractivity contribution in [3.63, 3.8) is 0 Å². The molecule has 5 aromatic rings. The Morgan fingerprint density at radius 3 is 2.50 bits per heavy atom.